The van der Waals surface area contributed by atoms with Crippen molar-refractivity contribution in [2.75, 3.05) is 24.5 Å². The highest BCUT2D eigenvalue weighted by Gasteiger charge is 2.24. The number of amides is 1. The molecule has 1 amide bonds. The molecule has 2 N–H and O–H groups in total. The topological polar surface area (TPSA) is 115 Å². The predicted octanol–water partition coefficient (Wildman–Crippen LogP) is 5.13. The van der Waals surface area contributed by atoms with Gasteiger partial charge in [-0.25, -0.2) is 9.78 Å². The smallest absolute Gasteiger partial charge is 0.341 e. The summed E-state index contributed by atoms with van der Waals surface area (Å²) >= 11 is 4.14. The number of thiophene rings is 2. The van der Waals surface area contributed by atoms with Crippen molar-refractivity contribution < 1.29 is 23.8 Å². The molecule has 0 fully saturated rings. The van der Waals surface area contributed by atoms with Crippen molar-refractivity contribution in [1.82, 2.24) is 15.2 Å². The Bertz CT molecular complexity index is 1400. The fourth-order valence-electron chi connectivity index (χ4n) is 3.63. The molecule has 36 heavy (non-hydrogen) atoms. The van der Waals surface area contributed by atoms with Gasteiger partial charge in [-0.2, -0.15) is 0 Å². The highest BCUT2D eigenvalue weighted by atomic mass is 32.2. The zero-order valence-electron chi connectivity index (χ0n) is 19.5. The summed E-state index contributed by atoms with van der Waals surface area (Å²) in [5.74, 6) is 1.46. The van der Waals surface area contributed by atoms with Gasteiger partial charge in [0.2, 0.25) is 17.9 Å². The van der Waals surface area contributed by atoms with Crippen molar-refractivity contribution in [1.29, 1.82) is 0 Å². The Labute approximate surface area is 219 Å². The lowest BCUT2D eigenvalue weighted by Gasteiger charge is -2.06. The molecular formula is C24H22N4O5S3. The molecule has 4 heterocycles. The van der Waals surface area contributed by atoms with E-state index in [0.717, 1.165) is 20.9 Å². The van der Waals surface area contributed by atoms with E-state index in [2.05, 4.69) is 20.5 Å². The number of ether oxygens (including phenoxy) is 3. The number of thioether (sulfide) groups is 1. The van der Waals surface area contributed by atoms with Crippen molar-refractivity contribution in [3.05, 3.63) is 57.3 Å². The standard InChI is InChI=1S/C24H22N4O5S3/c1-3-31-23(30)20-13(2)18(10-14-6-7-15-16(9-14)33-12-32-15)36-22(20)25-19(29)11-35-24-26-21(27-28-24)17-5-4-8-34-17/h4-9H,3,10-12H2,1-2H3,(H,25,29)(H,26,27,28). The monoisotopic (exact) mass is 542 g/mol. The third-order valence-electron chi connectivity index (χ3n) is 5.33. The van der Waals surface area contributed by atoms with E-state index in [4.69, 9.17) is 14.2 Å². The molecule has 0 aliphatic carbocycles. The summed E-state index contributed by atoms with van der Waals surface area (Å²) in [5, 5.41) is 12.9. The van der Waals surface area contributed by atoms with Crippen LogP contribution in [0.2, 0.25) is 0 Å². The van der Waals surface area contributed by atoms with Crippen LogP contribution in [0, 0.1) is 6.92 Å². The Hall–Kier alpha value is -3.35. The first-order chi connectivity index (χ1) is 17.5. The first-order valence-corrected chi connectivity index (χ1v) is 13.8. The molecule has 4 aromatic rings. The molecule has 0 radical (unpaired) electrons. The van der Waals surface area contributed by atoms with Crippen molar-refractivity contribution in [2.24, 2.45) is 0 Å². The second-order valence-corrected chi connectivity index (χ2v) is 10.7. The van der Waals surface area contributed by atoms with Gasteiger partial charge in [0, 0.05) is 11.3 Å². The molecule has 0 saturated carbocycles. The van der Waals surface area contributed by atoms with Crippen molar-refractivity contribution in [2.45, 2.75) is 25.4 Å². The molecule has 3 aromatic heterocycles. The highest BCUT2D eigenvalue weighted by Crippen LogP contribution is 2.38. The Morgan fingerprint density at radius 2 is 2.11 bits per heavy atom. The van der Waals surface area contributed by atoms with Gasteiger partial charge in [-0.15, -0.1) is 27.8 Å². The quantitative estimate of drug-likeness (QED) is 0.221. The van der Waals surface area contributed by atoms with Crippen LogP contribution in [0.25, 0.3) is 10.7 Å². The second-order valence-electron chi connectivity index (χ2n) is 7.72. The summed E-state index contributed by atoms with van der Waals surface area (Å²) in [6.45, 7) is 4.08. The van der Waals surface area contributed by atoms with Crippen LogP contribution in [-0.4, -0.2) is 46.2 Å². The molecule has 1 aliphatic rings. The van der Waals surface area contributed by atoms with Crippen LogP contribution in [-0.2, 0) is 16.0 Å². The minimum absolute atomic E-state index is 0.0957. The van der Waals surface area contributed by atoms with Gasteiger partial charge in [-0.3, -0.25) is 9.89 Å². The molecule has 0 saturated heterocycles. The molecule has 0 unspecified atom stereocenters. The van der Waals surface area contributed by atoms with E-state index in [1.807, 2.05) is 42.6 Å². The molecule has 1 aliphatic heterocycles. The summed E-state index contributed by atoms with van der Waals surface area (Å²) in [6.07, 6.45) is 0.576. The molecule has 0 spiro atoms. The number of carbonyl (C=O) groups excluding carboxylic acids is 2. The van der Waals surface area contributed by atoms with Crippen LogP contribution in [0.15, 0.2) is 40.9 Å². The predicted molar refractivity (Wildman–Crippen MR) is 139 cm³/mol. The maximum absolute atomic E-state index is 12.8. The van der Waals surface area contributed by atoms with Crippen LogP contribution in [0.4, 0.5) is 5.00 Å². The number of hydrogen-bond acceptors (Lipinski definition) is 10. The number of H-pyrrole nitrogens is 1. The summed E-state index contributed by atoms with van der Waals surface area (Å²) in [4.78, 5) is 31.9. The van der Waals surface area contributed by atoms with Crippen LogP contribution in [0.5, 0.6) is 11.5 Å². The average Bonchev–Trinajstić information content (AvgIpc) is 3.66. The van der Waals surface area contributed by atoms with E-state index in [1.54, 1.807) is 18.3 Å². The number of aromatic nitrogens is 3. The molecular weight excluding hydrogens is 520 g/mol. The van der Waals surface area contributed by atoms with Crippen LogP contribution < -0.4 is 14.8 Å². The molecule has 0 bridgehead atoms. The number of nitrogens with one attached hydrogen (secondary N) is 2. The van der Waals surface area contributed by atoms with Gasteiger partial charge in [0.05, 0.1) is 22.8 Å². The number of nitrogens with zero attached hydrogens (tertiary/aromatic N) is 2. The van der Waals surface area contributed by atoms with E-state index < -0.39 is 5.97 Å². The Kier molecular flexibility index (Phi) is 7.25. The van der Waals surface area contributed by atoms with Gasteiger partial charge in [0.25, 0.3) is 0 Å². The zero-order valence-corrected chi connectivity index (χ0v) is 21.9. The van der Waals surface area contributed by atoms with Gasteiger partial charge < -0.3 is 19.5 Å². The van der Waals surface area contributed by atoms with Crippen molar-refractivity contribution in [3.8, 4) is 22.2 Å². The number of hydrogen-bond donors (Lipinski definition) is 2. The minimum atomic E-state index is -0.458. The maximum atomic E-state index is 12.8. The third-order valence-corrected chi connectivity index (χ3v) is 8.26. The summed E-state index contributed by atoms with van der Waals surface area (Å²) < 4.78 is 16.1. The number of aromatic amines is 1. The first-order valence-electron chi connectivity index (χ1n) is 11.1. The van der Waals surface area contributed by atoms with Crippen molar-refractivity contribution in [3.63, 3.8) is 0 Å². The van der Waals surface area contributed by atoms with E-state index in [0.29, 0.717) is 39.5 Å². The molecule has 0 atom stereocenters. The van der Waals surface area contributed by atoms with Crippen molar-refractivity contribution >= 4 is 51.3 Å². The summed E-state index contributed by atoms with van der Waals surface area (Å²) in [5.41, 5.74) is 2.18. The largest absolute Gasteiger partial charge is 0.462 e. The molecule has 12 heteroatoms. The lowest BCUT2D eigenvalue weighted by Crippen LogP contribution is -2.16. The summed E-state index contributed by atoms with van der Waals surface area (Å²) in [6, 6.07) is 9.66. The normalized spacial score (nSPS) is 12.1. The lowest BCUT2D eigenvalue weighted by molar-refractivity contribution is -0.113. The minimum Gasteiger partial charge on any atom is -0.462 e. The van der Waals surface area contributed by atoms with Gasteiger partial charge in [0.15, 0.2) is 17.3 Å². The fourth-order valence-corrected chi connectivity index (χ4v) is 6.14. The number of benzene rings is 1. The molecule has 186 valence electrons. The Morgan fingerprint density at radius 3 is 2.92 bits per heavy atom. The SMILES string of the molecule is CCOC(=O)c1c(NC(=O)CSc2n[nH]c(-c3cccs3)n2)sc(Cc2ccc3c(c2)OCO3)c1C. The van der Waals surface area contributed by atoms with Crippen LogP contribution >= 0.6 is 34.4 Å². The Balaban J connectivity index is 1.30. The molecule has 9 nitrogen and oxygen atoms in total. The summed E-state index contributed by atoms with van der Waals surface area (Å²) in [7, 11) is 0. The van der Waals surface area contributed by atoms with Gasteiger partial charge in [0.1, 0.15) is 5.00 Å². The molecule has 1 aromatic carbocycles. The molecule has 5 rings (SSSR count). The van der Waals surface area contributed by atoms with E-state index in [9.17, 15) is 9.59 Å². The fraction of sp³-hybridized carbons (Fsp3) is 0.250. The number of carbonyl (C=O) groups is 2. The number of fused-ring (bicyclic) bond motifs is 1. The lowest BCUT2D eigenvalue weighted by atomic mass is 10.1. The number of esters is 1. The third kappa shape index (κ3) is 5.25. The average molecular weight is 543 g/mol. The first kappa shape index (κ1) is 24.3. The second kappa shape index (κ2) is 10.7. The van der Waals surface area contributed by atoms with Gasteiger partial charge >= 0.3 is 5.97 Å². The zero-order chi connectivity index (χ0) is 25.1. The van der Waals surface area contributed by atoms with Crippen LogP contribution in [0.1, 0.15) is 33.3 Å². The van der Waals surface area contributed by atoms with E-state index in [-0.39, 0.29) is 25.1 Å². The highest BCUT2D eigenvalue weighted by molar-refractivity contribution is 7.99. The van der Waals surface area contributed by atoms with E-state index in [1.165, 1.54) is 23.1 Å². The van der Waals surface area contributed by atoms with Gasteiger partial charge in [-0.1, -0.05) is 23.9 Å². The number of anilines is 1. The van der Waals surface area contributed by atoms with E-state index >= 15 is 0 Å². The number of rotatable bonds is 9. The maximum Gasteiger partial charge on any atom is 0.341 e. The van der Waals surface area contributed by atoms with Gasteiger partial charge in [-0.05, 0) is 48.6 Å². The van der Waals surface area contributed by atoms with Crippen LogP contribution in [0.3, 0.4) is 0 Å². The Morgan fingerprint density at radius 1 is 1.25 bits per heavy atom.